The third kappa shape index (κ3) is 5.64. The molecule has 0 heterocycles. The number of benzene rings is 2. The minimum atomic E-state index is -1.19. The summed E-state index contributed by atoms with van der Waals surface area (Å²) in [4.78, 5) is 40.1. The van der Waals surface area contributed by atoms with Crippen LogP contribution >= 0.6 is 0 Å². The fourth-order valence-corrected chi connectivity index (χ4v) is 3.85. The lowest BCUT2D eigenvalue weighted by Gasteiger charge is -2.19. The Morgan fingerprint density at radius 2 is 1.62 bits per heavy atom. The van der Waals surface area contributed by atoms with E-state index in [1.54, 1.807) is 0 Å². The summed E-state index contributed by atoms with van der Waals surface area (Å²) in [5.74, 6) is -1.75. The van der Waals surface area contributed by atoms with E-state index in [-0.39, 0.29) is 18.9 Å². The Labute approximate surface area is 186 Å². The van der Waals surface area contributed by atoms with Crippen molar-refractivity contribution in [1.82, 2.24) is 10.8 Å². The van der Waals surface area contributed by atoms with Gasteiger partial charge in [-0.2, -0.15) is 0 Å². The highest BCUT2D eigenvalue weighted by Crippen LogP contribution is 2.44. The van der Waals surface area contributed by atoms with Gasteiger partial charge in [-0.1, -0.05) is 61.9 Å². The van der Waals surface area contributed by atoms with E-state index >= 15 is 0 Å². The van der Waals surface area contributed by atoms with Gasteiger partial charge in [-0.3, -0.25) is 9.63 Å². The molecule has 8 heteroatoms. The van der Waals surface area contributed by atoms with Crippen molar-refractivity contribution >= 4 is 18.0 Å². The minimum absolute atomic E-state index is 0.0491. The smallest absolute Gasteiger partial charge is 0.407 e. The molecule has 2 aromatic carbocycles. The first-order valence-corrected chi connectivity index (χ1v) is 10.7. The molecule has 3 N–H and O–H groups in total. The van der Waals surface area contributed by atoms with E-state index in [0.29, 0.717) is 6.42 Å². The first kappa shape index (κ1) is 23.3. The average Bonchev–Trinajstić information content (AvgIpc) is 3.10. The molecular formula is C24H28N2O6. The van der Waals surface area contributed by atoms with Crippen LogP contribution in [0.25, 0.3) is 11.1 Å². The molecule has 0 spiro atoms. The molecule has 2 aromatic rings. The number of hydrogen-bond acceptors (Lipinski definition) is 5. The highest BCUT2D eigenvalue weighted by atomic mass is 16.7. The van der Waals surface area contributed by atoms with Gasteiger partial charge in [0, 0.05) is 18.4 Å². The van der Waals surface area contributed by atoms with E-state index in [0.717, 1.165) is 28.7 Å². The van der Waals surface area contributed by atoms with E-state index in [1.165, 1.54) is 6.92 Å². The van der Waals surface area contributed by atoms with Crippen LogP contribution in [0.1, 0.15) is 50.2 Å². The highest BCUT2D eigenvalue weighted by molar-refractivity contribution is 5.79. The van der Waals surface area contributed by atoms with E-state index in [1.807, 2.05) is 43.3 Å². The average molecular weight is 440 g/mol. The third-order valence-corrected chi connectivity index (χ3v) is 5.43. The van der Waals surface area contributed by atoms with Crippen molar-refractivity contribution in [2.45, 2.75) is 51.2 Å². The first-order valence-electron chi connectivity index (χ1n) is 10.7. The van der Waals surface area contributed by atoms with Crippen LogP contribution in [-0.4, -0.2) is 41.8 Å². The van der Waals surface area contributed by atoms with Gasteiger partial charge in [0.1, 0.15) is 6.61 Å². The van der Waals surface area contributed by atoms with Gasteiger partial charge in [0.25, 0.3) is 0 Å². The first-order chi connectivity index (χ1) is 15.4. The van der Waals surface area contributed by atoms with E-state index in [9.17, 15) is 14.4 Å². The molecule has 0 aromatic heterocycles. The summed E-state index contributed by atoms with van der Waals surface area (Å²) in [6.07, 6.45) is -0.513. The summed E-state index contributed by atoms with van der Waals surface area (Å²) in [6, 6.07) is 15.7. The summed E-state index contributed by atoms with van der Waals surface area (Å²) in [5.41, 5.74) is 6.65. The summed E-state index contributed by atoms with van der Waals surface area (Å²) in [7, 11) is 0. The van der Waals surface area contributed by atoms with Crippen LogP contribution < -0.4 is 10.8 Å². The number of carboxylic acids is 1. The highest BCUT2D eigenvalue weighted by Gasteiger charge is 2.29. The molecular weight excluding hydrogens is 412 g/mol. The lowest BCUT2D eigenvalue weighted by Crippen LogP contribution is -2.41. The molecule has 2 amide bonds. The van der Waals surface area contributed by atoms with Crippen molar-refractivity contribution in [1.29, 1.82) is 0 Å². The molecule has 1 aliphatic rings. The fourth-order valence-electron chi connectivity index (χ4n) is 3.85. The molecule has 0 saturated heterocycles. The summed E-state index contributed by atoms with van der Waals surface area (Å²) < 4.78 is 5.54. The van der Waals surface area contributed by atoms with Crippen LogP contribution in [0, 0.1) is 0 Å². The molecule has 8 nitrogen and oxygen atoms in total. The quantitative estimate of drug-likeness (QED) is 0.487. The number of rotatable bonds is 10. The number of ether oxygens (including phenoxy) is 1. The fraction of sp³-hybridized carbons (Fsp3) is 0.375. The molecule has 1 aliphatic carbocycles. The normalized spacial score (nSPS) is 14.1. The van der Waals surface area contributed by atoms with Gasteiger partial charge in [0.2, 0.25) is 5.91 Å². The molecule has 2 atom stereocenters. The Morgan fingerprint density at radius 3 is 2.19 bits per heavy atom. The second kappa shape index (κ2) is 10.8. The lowest BCUT2D eigenvalue weighted by molar-refractivity contribution is -0.158. The van der Waals surface area contributed by atoms with Crippen molar-refractivity contribution in [2.75, 3.05) is 6.61 Å². The Kier molecular flexibility index (Phi) is 7.83. The Balaban J connectivity index is 1.56. The number of carbonyl (C=O) groups is 3. The number of fused-ring (bicyclic) bond motifs is 3. The Hall–Kier alpha value is -3.39. The van der Waals surface area contributed by atoms with Crippen molar-refractivity contribution in [3.8, 4) is 11.1 Å². The minimum Gasteiger partial charge on any atom is -0.479 e. The summed E-state index contributed by atoms with van der Waals surface area (Å²) in [5, 5.41) is 11.5. The Bertz CT molecular complexity index is 931. The zero-order valence-corrected chi connectivity index (χ0v) is 18.2. The van der Waals surface area contributed by atoms with E-state index < -0.39 is 30.1 Å². The third-order valence-electron chi connectivity index (χ3n) is 5.43. The second-order valence-corrected chi connectivity index (χ2v) is 7.78. The zero-order chi connectivity index (χ0) is 23.1. The van der Waals surface area contributed by atoms with Gasteiger partial charge in [-0.15, -0.1) is 0 Å². The number of hydrogen-bond donors (Lipinski definition) is 3. The number of nitrogens with one attached hydrogen (secondary N) is 2. The van der Waals surface area contributed by atoms with Crippen LogP contribution in [0.2, 0.25) is 0 Å². The maximum Gasteiger partial charge on any atom is 0.407 e. The predicted octanol–water partition coefficient (Wildman–Crippen LogP) is 3.60. The molecule has 3 rings (SSSR count). The van der Waals surface area contributed by atoms with Crippen LogP contribution in [0.15, 0.2) is 48.5 Å². The molecule has 0 fully saturated rings. The van der Waals surface area contributed by atoms with E-state index in [2.05, 4.69) is 22.9 Å². The van der Waals surface area contributed by atoms with Crippen molar-refractivity contribution in [2.24, 2.45) is 0 Å². The van der Waals surface area contributed by atoms with Crippen LogP contribution in [-0.2, 0) is 19.2 Å². The summed E-state index contributed by atoms with van der Waals surface area (Å²) in [6.45, 7) is 3.43. The van der Waals surface area contributed by atoms with Gasteiger partial charge in [-0.25, -0.2) is 15.1 Å². The monoisotopic (exact) mass is 440 g/mol. The molecule has 170 valence electrons. The van der Waals surface area contributed by atoms with Crippen molar-refractivity contribution < 1.29 is 29.1 Å². The second-order valence-electron chi connectivity index (χ2n) is 7.78. The predicted molar refractivity (Wildman–Crippen MR) is 118 cm³/mol. The maximum atomic E-state index is 12.5. The van der Waals surface area contributed by atoms with Crippen LogP contribution in [0.3, 0.4) is 0 Å². The van der Waals surface area contributed by atoms with Crippen LogP contribution in [0.5, 0.6) is 0 Å². The number of amides is 2. The standard InChI is InChI=1S/C24H28N2O6/c1-3-8-16(13-22(27)26-32-15(2)23(28)29)25-24(30)31-14-21-19-11-6-4-9-17(19)18-10-5-7-12-20(18)21/h4-7,9-12,15-16,21H,3,8,13-14H2,1-2H3,(H,25,30)(H,26,27)(H,28,29)/t15?,16-/m0/s1. The zero-order valence-electron chi connectivity index (χ0n) is 18.2. The summed E-state index contributed by atoms with van der Waals surface area (Å²) >= 11 is 0. The van der Waals surface area contributed by atoms with E-state index in [4.69, 9.17) is 14.7 Å². The molecule has 0 aliphatic heterocycles. The molecule has 0 bridgehead atoms. The van der Waals surface area contributed by atoms with Gasteiger partial charge < -0.3 is 15.2 Å². The number of alkyl carbamates (subject to hydrolysis) is 1. The van der Waals surface area contributed by atoms with Gasteiger partial charge in [0.15, 0.2) is 6.10 Å². The topological polar surface area (TPSA) is 114 Å². The largest absolute Gasteiger partial charge is 0.479 e. The SMILES string of the molecule is CCC[C@@H](CC(=O)NOC(C)C(=O)O)NC(=O)OCC1c2ccccc2-c2ccccc21. The van der Waals surface area contributed by atoms with Gasteiger partial charge in [-0.05, 0) is 35.6 Å². The maximum absolute atomic E-state index is 12.5. The number of aliphatic carboxylic acids is 1. The van der Waals surface area contributed by atoms with Gasteiger partial charge in [0.05, 0.1) is 0 Å². The Morgan fingerprint density at radius 1 is 1.03 bits per heavy atom. The van der Waals surface area contributed by atoms with Crippen LogP contribution in [0.4, 0.5) is 4.79 Å². The number of carbonyl (C=O) groups excluding carboxylic acids is 2. The molecule has 0 saturated carbocycles. The molecule has 32 heavy (non-hydrogen) atoms. The number of carboxylic acid groups (broad SMARTS) is 1. The lowest BCUT2D eigenvalue weighted by atomic mass is 9.98. The van der Waals surface area contributed by atoms with Gasteiger partial charge >= 0.3 is 12.1 Å². The van der Waals surface area contributed by atoms with Crippen molar-refractivity contribution in [3.05, 3.63) is 59.7 Å². The van der Waals surface area contributed by atoms with Crippen molar-refractivity contribution in [3.63, 3.8) is 0 Å². The number of hydroxylamine groups is 1. The molecule has 1 unspecified atom stereocenters. The molecule has 0 radical (unpaired) electrons.